The molecule has 0 radical (unpaired) electrons. The van der Waals surface area contributed by atoms with Gasteiger partial charge in [0.1, 0.15) is 22.5 Å². The van der Waals surface area contributed by atoms with E-state index < -0.39 is 41.0 Å². The molecule has 0 bridgehead atoms. The van der Waals surface area contributed by atoms with Crippen molar-refractivity contribution >= 4 is 17.5 Å². The van der Waals surface area contributed by atoms with Crippen molar-refractivity contribution in [1.29, 1.82) is 0 Å². The molecule has 0 spiro atoms. The van der Waals surface area contributed by atoms with Crippen molar-refractivity contribution in [3.63, 3.8) is 0 Å². The zero-order valence-electron chi connectivity index (χ0n) is 11.5. The number of rotatable bonds is 2. The molecule has 0 aromatic carbocycles. The van der Waals surface area contributed by atoms with Crippen molar-refractivity contribution in [3.8, 4) is 0 Å². The van der Waals surface area contributed by atoms with Gasteiger partial charge in [-0.15, -0.1) is 0 Å². The number of hydrogen-bond acceptors (Lipinski definition) is 2. The number of amides is 1. The van der Waals surface area contributed by atoms with Gasteiger partial charge in [-0.1, -0.05) is 11.6 Å². The van der Waals surface area contributed by atoms with E-state index in [9.17, 15) is 26.7 Å². The van der Waals surface area contributed by atoms with Gasteiger partial charge >= 0.3 is 6.18 Å². The Hall–Kier alpha value is -1.38. The number of carbonyl (C=O) groups is 1. The van der Waals surface area contributed by atoms with Crippen LogP contribution < -0.4 is 0 Å². The zero-order chi connectivity index (χ0) is 16.7. The highest BCUT2D eigenvalue weighted by molar-refractivity contribution is 6.33. The molecule has 1 aromatic heterocycles. The van der Waals surface area contributed by atoms with Crippen LogP contribution in [0.5, 0.6) is 0 Å². The van der Waals surface area contributed by atoms with Crippen molar-refractivity contribution < 1.29 is 26.7 Å². The molecule has 1 aliphatic rings. The summed E-state index contributed by atoms with van der Waals surface area (Å²) in [5, 5.41) is 3.02. The summed E-state index contributed by atoms with van der Waals surface area (Å²) in [6, 6.07) is -1.99. The summed E-state index contributed by atoms with van der Waals surface area (Å²) in [5.74, 6) is -1.16. The van der Waals surface area contributed by atoms with Gasteiger partial charge in [-0.2, -0.15) is 18.3 Å². The number of halogens is 6. The van der Waals surface area contributed by atoms with Gasteiger partial charge in [0, 0.05) is 13.6 Å². The lowest BCUT2D eigenvalue weighted by Crippen LogP contribution is -2.51. The van der Waals surface area contributed by atoms with Gasteiger partial charge in [0.15, 0.2) is 0 Å². The number of nitrogens with zero attached hydrogens (tertiary/aromatic N) is 3. The highest BCUT2D eigenvalue weighted by atomic mass is 35.5. The van der Waals surface area contributed by atoms with E-state index in [0.29, 0.717) is 17.7 Å². The SMILES string of the molecule is Cn1nc(C(F)F)c(C(=O)N2CCCCC2C(F)(F)F)c1Cl. The lowest BCUT2D eigenvalue weighted by atomic mass is 10.0. The largest absolute Gasteiger partial charge is 0.408 e. The summed E-state index contributed by atoms with van der Waals surface area (Å²) < 4.78 is 65.9. The minimum absolute atomic E-state index is 0.156. The zero-order valence-corrected chi connectivity index (χ0v) is 12.3. The molecule has 10 heteroatoms. The quantitative estimate of drug-likeness (QED) is 0.769. The van der Waals surface area contributed by atoms with Gasteiger partial charge in [-0.3, -0.25) is 9.48 Å². The second kappa shape index (κ2) is 6.02. The third kappa shape index (κ3) is 3.04. The van der Waals surface area contributed by atoms with Crippen LogP contribution in [0.25, 0.3) is 0 Å². The number of aromatic nitrogens is 2. The van der Waals surface area contributed by atoms with Gasteiger partial charge in [0.05, 0.1) is 0 Å². The first-order valence-electron chi connectivity index (χ1n) is 6.52. The van der Waals surface area contributed by atoms with Crippen LogP contribution in [0.1, 0.15) is 41.7 Å². The molecular formula is C12H13ClF5N3O. The molecule has 1 aromatic rings. The van der Waals surface area contributed by atoms with Crippen LogP contribution in [0.3, 0.4) is 0 Å². The van der Waals surface area contributed by atoms with Crippen LogP contribution >= 0.6 is 11.6 Å². The Morgan fingerprint density at radius 2 is 2.00 bits per heavy atom. The Morgan fingerprint density at radius 3 is 2.55 bits per heavy atom. The minimum Gasteiger partial charge on any atom is -0.326 e. The maximum atomic E-state index is 13.0. The highest BCUT2D eigenvalue weighted by Crippen LogP contribution is 2.35. The van der Waals surface area contributed by atoms with E-state index in [4.69, 9.17) is 11.6 Å². The molecule has 1 atom stereocenters. The molecule has 0 aliphatic carbocycles. The van der Waals surface area contributed by atoms with E-state index in [-0.39, 0.29) is 13.0 Å². The molecule has 1 saturated heterocycles. The van der Waals surface area contributed by atoms with E-state index in [1.165, 1.54) is 7.05 Å². The van der Waals surface area contributed by atoms with Crippen molar-refractivity contribution in [2.24, 2.45) is 7.05 Å². The molecule has 22 heavy (non-hydrogen) atoms. The Bertz CT molecular complexity index is 572. The first-order valence-corrected chi connectivity index (χ1v) is 6.90. The third-order valence-electron chi connectivity index (χ3n) is 3.57. The van der Waals surface area contributed by atoms with Gasteiger partial charge in [-0.05, 0) is 19.3 Å². The van der Waals surface area contributed by atoms with Crippen LogP contribution in [0, 0.1) is 0 Å². The molecule has 2 rings (SSSR count). The predicted octanol–water partition coefficient (Wildman–Crippen LogP) is 3.57. The number of hydrogen-bond donors (Lipinski definition) is 0. The summed E-state index contributed by atoms with van der Waals surface area (Å²) in [5.41, 5.74) is -1.56. The van der Waals surface area contributed by atoms with Gasteiger partial charge in [0.25, 0.3) is 12.3 Å². The summed E-state index contributed by atoms with van der Waals surface area (Å²) in [7, 11) is 1.24. The minimum atomic E-state index is -4.62. The molecule has 0 N–H and O–H groups in total. The molecule has 0 saturated carbocycles. The van der Waals surface area contributed by atoms with Crippen molar-refractivity contribution in [3.05, 3.63) is 16.4 Å². The van der Waals surface area contributed by atoms with E-state index >= 15 is 0 Å². The lowest BCUT2D eigenvalue weighted by molar-refractivity contribution is -0.183. The standard InChI is InChI=1S/C12H13ClF5N3O/c1-20-9(13)7(8(19-20)10(14)15)11(22)21-5-3-2-4-6(21)12(16,17)18/h6,10H,2-5H2,1H3. The van der Waals surface area contributed by atoms with Crippen LogP contribution in [-0.2, 0) is 7.05 Å². The Morgan fingerprint density at radius 1 is 1.36 bits per heavy atom. The maximum absolute atomic E-state index is 13.0. The summed E-state index contributed by atoms with van der Waals surface area (Å²) >= 11 is 5.77. The topological polar surface area (TPSA) is 38.1 Å². The fraction of sp³-hybridized carbons (Fsp3) is 0.667. The number of piperidine rings is 1. The van der Waals surface area contributed by atoms with Crippen molar-refractivity contribution in [1.82, 2.24) is 14.7 Å². The normalized spacial score (nSPS) is 19.8. The molecule has 1 unspecified atom stereocenters. The van der Waals surface area contributed by atoms with E-state index in [0.717, 1.165) is 4.68 Å². The van der Waals surface area contributed by atoms with Crippen molar-refractivity contribution in [2.45, 2.75) is 37.9 Å². The molecule has 124 valence electrons. The monoisotopic (exact) mass is 345 g/mol. The Labute approximate surface area is 127 Å². The first kappa shape index (κ1) is 17.0. The van der Waals surface area contributed by atoms with E-state index in [1.54, 1.807) is 0 Å². The summed E-state index contributed by atoms with van der Waals surface area (Å²) in [4.78, 5) is 12.9. The van der Waals surface area contributed by atoms with E-state index in [2.05, 4.69) is 5.10 Å². The lowest BCUT2D eigenvalue weighted by Gasteiger charge is -2.36. The molecule has 4 nitrogen and oxygen atoms in total. The Kier molecular flexibility index (Phi) is 4.65. The second-order valence-electron chi connectivity index (χ2n) is 5.03. The summed E-state index contributed by atoms with van der Waals surface area (Å²) in [6.07, 6.45) is -7.28. The van der Waals surface area contributed by atoms with Crippen LogP contribution in [0.15, 0.2) is 0 Å². The summed E-state index contributed by atoms with van der Waals surface area (Å²) in [6.45, 7) is -0.156. The van der Waals surface area contributed by atoms with Crippen LogP contribution in [-0.4, -0.2) is 39.4 Å². The molecule has 1 aliphatic heterocycles. The third-order valence-corrected chi connectivity index (χ3v) is 4.00. The molecule has 1 fully saturated rings. The van der Waals surface area contributed by atoms with E-state index in [1.807, 2.05) is 0 Å². The van der Waals surface area contributed by atoms with Gasteiger partial charge < -0.3 is 4.90 Å². The second-order valence-corrected chi connectivity index (χ2v) is 5.39. The van der Waals surface area contributed by atoms with Gasteiger partial charge in [-0.25, -0.2) is 8.78 Å². The van der Waals surface area contributed by atoms with Gasteiger partial charge in [0.2, 0.25) is 0 Å². The molecule has 1 amide bonds. The number of aryl methyl sites for hydroxylation is 1. The fourth-order valence-electron chi connectivity index (χ4n) is 2.53. The average Bonchev–Trinajstić information content (AvgIpc) is 2.73. The predicted molar refractivity (Wildman–Crippen MR) is 67.9 cm³/mol. The number of likely N-dealkylation sites (tertiary alicyclic amines) is 1. The Balaban J connectivity index is 2.42. The maximum Gasteiger partial charge on any atom is 0.408 e. The smallest absolute Gasteiger partial charge is 0.326 e. The van der Waals surface area contributed by atoms with Crippen LogP contribution in [0.4, 0.5) is 22.0 Å². The number of carbonyl (C=O) groups excluding carboxylic acids is 1. The highest BCUT2D eigenvalue weighted by Gasteiger charge is 2.47. The molecular weight excluding hydrogens is 333 g/mol. The first-order chi connectivity index (χ1) is 10.1. The molecule has 2 heterocycles. The van der Waals surface area contributed by atoms with Crippen LogP contribution in [0.2, 0.25) is 5.15 Å². The average molecular weight is 346 g/mol. The van der Waals surface area contributed by atoms with Crippen molar-refractivity contribution in [2.75, 3.05) is 6.54 Å². The number of alkyl halides is 5. The fourth-order valence-corrected chi connectivity index (χ4v) is 2.75.